The fraction of sp³-hybridized carbons (Fsp3) is 0.500. The lowest BCUT2D eigenvalue weighted by Crippen LogP contribution is -2.27. The highest BCUT2D eigenvalue weighted by atomic mass is 19.4. The maximum absolute atomic E-state index is 12.9. The number of para-hydroxylation sites is 1. The summed E-state index contributed by atoms with van der Waals surface area (Å²) in [6.45, 7) is 4.46. The molecule has 0 saturated heterocycles. The molecule has 3 nitrogen and oxygen atoms in total. The summed E-state index contributed by atoms with van der Waals surface area (Å²) in [5.41, 5.74) is -1.02. The molecule has 0 fully saturated rings. The zero-order chi connectivity index (χ0) is 15.3. The normalized spacial score (nSPS) is 11.6. The van der Waals surface area contributed by atoms with E-state index in [1.165, 1.54) is 19.2 Å². The average molecular weight is 288 g/mol. The van der Waals surface area contributed by atoms with Gasteiger partial charge in [-0.05, 0) is 24.5 Å². The first kappa shape index (κ1) is 16.3. The minimum atomic E-state index is -4.49. The summed E-state index contributed by atoms with van der Waals surface area (Å²) >= 11 is 0. The summed E-state index contributed by atoms with van der Waals surface area (Å²) in [6.07, 6.45) is -3.72. The number of hydrogen-bond donors (Lipinski definition) is 2. The van der Waals surface area contributed by atoms with E-state index < -0.39 is 17.6 Å². The number of benzene rings is 1. The summed E-state index contributed by atoms with van der Waals surface area (Å²) in [5.74, 6) is -0.0818. The highest BCUT2D eigenvalue weighted by Gasteiger charge is 2.34. The monoisotopic (exact) mass is 288 g/mol. The minimum absolute atomic E-state index is 0.00563. The molecule has 0 saturated carbocycles. The Kier molecular flexibility index (Phi) is 5.42. The molecular weight excluding hydrogens is 269 g/mol. The third-order valence-electron chi connectivity index (χ3n) is 2.87. The molecule has 0 bridgehead atoms. The van der Waals surface area contributed by atoms with Crippen LogP contribution in [-0.4, -0.2) is 19.5 Å². The van der Waals surface area contributed by atoms with Crippen LogP contribution in [-0.2, 0) is 6.18 Å². The molecule has 0 aromatic heterocycles. The fourth-order valence-electron chi connectivity index (χ4n) is 1.82. The lowest BCUT2D eigenvalue weighted by molar-refractivity contribution is -0.136. The number of rotatable bonds is 5. The van der Waals surface area contributed by atoms with Gasteiger partial charge in [0, 0.05) is 13.6 Å². The van der Waals surface area contributed by atoms with Gasteiger partial charge in [0.25, 0.3) is 5.91 Å². The zero-order valence-electron chi connectivity index (χ0n) is 11.8. The summed E-state index contributed by atoms with van der Waals surface area (Å²) < 4.78 is 38.6. The number of halogens is 3. The van der Waals surface area contributed by atoms with Crippen molar-refractivity contribution in [3.63, 3.8) is 0 Å². The van der Waals surface area contributed by atoms with Gasteiger partial charge in [0.15, 0.2) is 0 Å². The molecule has 0 unspecified atom stereocenters. The van der Waals surface area contributed by atoms with Crippen molar-refractivity contribution in [2.45, 2.75) is 26.4 Å². The molecular formula is C14H19F3N2O. The topological polar surface area (TPSA) is 41.1 Å². The first-order valence-electron chi connectivity index (χ1n) is 6.43. The number of carbonyl (C=O) groups excluding carboxylic acids is 1. The molecule has 112 valence electrons. The van der Waals surface area contributed by atoms with E-state index in [1.807, 2.05) is 13.8 Å². The first-order valence-corrected chi connectivity index (χ1v) is 6.43. The van der Waals surface area contributed by atoms with Gasteiger partial charge in [0.1, 0.15) is 0 Å². The third kappa shape index (κ3) is 4.15. The molecule has 1 rings (SSSR count). The molecule has 0 aliphatic carbocycles. The van der Waals surface area contributed by atoms with Crippen molar-refractivity contribution in [1.82, 2.24) is 5.32 Å². The van der Waals surface area contributed by atoms with Crippen LogP contribution in [0.2, 0.25) is 0 Å². The Hall–Kier alpha value is -1.72. The van der Waals surface area contributed by atoms with Crippen LogP contribution in [0.4, 0.5) is 18.9 Å². The molecule has 0 aliphatic rings. The molecule has 2 N–H and O–H groups in total. The highest BCUT2D eigenvalue weighted by molar-refractivity contribution is 6.00. The molecule has 0 aliphatic heterocycles. The Labute approximate surface area is 116 Å². The van der Waals surface area contributed by atoms with Crippen LogP contribution in [0.15, 0.2) is 18.2 Å². The Morgan fingerprint density at radius 2 is 1.95 bits per heavy atom. The molecule has 1 aromatic rings. The Morgan fingerprint density at radius 1 is 1.30 bits per heavy atom. The molecule has 0 radical (unpaired) electrons. The maximum atomic E-state index is 12.9. The van der Waals surface area contributed by atoms with Gasteiger partial charge in [0.05, 0.1) is 16.8 Å². The predicted molar refractivity (Wildman–Crippen MR) is 72.8 cm³/mol. The summed E-state index contributed by atoms with van der Waals surface area (Å²) in [5, 5.41) is 5.11. The van der Waals surface area contributed by atoms with Crippen LogP contribution in [0.25, 0.3) is 0 Å². The molecule has 0 atom stereocenters. The molecule has 1 aromatic carbocycles. The average Bonchev–Trinajstić information content (AvgIpc) is 2.36. The second kappa shape index (κ2) is 6.63. The number of carbonyl (C=O) groups is 1. The van der Waals surface area contributed by atoms with Crippen LogP contribution < -0.4 is 10.6 Å². The SMILES string of the molecule is CNc1c(C(=O)NCCC(C)C)cccc1C(F)(F)F. The van der Waals surface area contributed by atoms with E-state index >= 15 is 0 Å². The van der Waals surface area contributed by atoms with Gasteiger partial charge >= 0.3 is 6.18 Å². The molecule has 0 heterocycles. The predicted octanol–water partition coefficient (Wildman–Crippen LogP) is 3.52. The van der Waals surface area contributed by atoms with Crippen molar-refractivity contribution in [2.75, 3.05) is 18.9 Å². The molecule has 1 amide bonds. The molecule has 0 spiro atoms. The van der Waals surface area contributed by atoms with E-state index in [-0.39, 0.29) is 11.3 Å². The van der Waals surface area contributed by atoms with Gasteiger partial charge in [-0.15, -0.1) is 0 Å². The lowest BCUT2D eigenvalue weighted by atomic mass is 10.1. The van der Waals surface area contributed by atoms with Crippen LogP contribution in [0, 0.1) is 5.92 Å². The Morgan fingerprint density at radius 3 is 2.45 bits per heavy atom. The smallest absolute Gasteiger partial charge is 0.387 e. The van der Waals surface area contributed by atoms with Gasteiger partial charge < -0.3 is 10.6 Å². The lowest BCUT2D eigenvalue weighted by Gasteiger charge is -2.16. The minimum Gasteiger partial charge on any atom is -0.387 e. The molecule has 6 heteroatoms. The van der Waals surface area contributed by atoms with E-state index in [1.54, 1.807) is 0 Å². The van der Waals surface area contributed by atoms with Crippen LogP contribution in [0.5, 0.6) is 0 Å². The van der Waals surface area contributed by atoms with Crippen LogP contribution >= 0.6 is 0 Å². The highest BCUT2D eigenvalue weighted by Crippen LogP contribution is 2.36. The number of alkyl halides is 3. The van der Waals surface area contributed by atoms with E-state index in [9.17, 15) is 18.0 Å². The van der Waals surface area contributed by atoms with E-state index in [0.717, 1.165) is 12.5 Å². The number of amides is 1. The molecule has 20 heavy (non-hydrogen) atoms. The largest absolute Gasteiger partial charge is 0.418 e. The summed E-state index contributed by atoms with van der Waals surface area (Å²) in [6, 6.07) is 3.57. The standard InChI is InChI=1S/C14H19F3N2O/c1-9(2)7-8-19-13(20)10-5-4-6-11(12(10)18-3)14(15,16)17/h4-6,9,18H,7-8H2,1-3H3,(H,19,20). The number of hydrogen-bond acceptors (Lipinski definition) is 2. The van der Waals surface area contributed by atoms with Crippen molar-refractivity contribution in [3.05, 3.63) is 29.3 Å². The Balaban J connectivity index is 2.97. The van der Waals surface area contributed by atoms with E-state index in [0.29, 0.717) is 12.5 Å². The maximum Gasteiger partial charge on any atom is 0.418 e. The van der Waals surface area contributed by atoms with Gasteiger partial charge in [-0.25, -0.2) is 0 Å². The van der Waals surface area contributed by atoms with Crippen molar-refractivity contribution in [1.29, 1.82) is 0 Å². The Bertz CT molecular complexity index is 470. The number of anilines is 1. The fourth-order valence-corrected chi connectivity index (χ4v) is 1.82. The van der Waals surface area contributed by atoms with Gasteiger partial charge in [-0.2, -0.15) is 13.2 Å². The third-order valence-corrected chi connectivity index (χ3v) is 2.87. The van der Waals surface area contributed by atoms with Crippen molar-refractivity contribution < 1.29 is 18.0 Å². The van der Waals surface area contributed by atoms with Gasteiger partial charge in [-0.3, -0.25) is 4.79 Å². The van der Waals surface area contributed by atoms with Crippen molar-refractivity contribution in [3.8, 4) is 0 Å². The van der Waals surface area contributed by atoms with Gasteiger partial charge in [-0.1, -0.05) is 19.9 Å². The van der Waals surface area contributed by atoms with Crippen LogP contribution in [0.1, 0.15) is 36.2 Å². The van der Waals surface area contributed by atoms with Gasteiger partial charge in [0.2, 0.25) is 0 Å². The van der Waals surface area contributed by atoms with Crippen LogP contribution in [0.3, 0.4) is 0 Å². The van der Waals surface area contributed by atoms with E-state index in [4.69, 9.17) is 0 Å². The first-order chi connectivity index (χ1) is 9.27. The second-order valence-corrected chi connectivity index (χ2v) is 4.91. The zero-order valence-corrected chi connectivity index (χ0v) is 11.8. The van der Waals surface area contributed by atoms with Crippen molar-refractivity contribution >= 4 is 11.6 Å². The summed E-state index contributed by atoms with van der Waals surface area (Å²) in [4.78, 5) is 12.0. The summed E-state index contributed by atoms with van der Waals surface area (Å²) in [7, 11) is 1.37. The quantitative estimate of drug-likeness (QED) is 0.870. The van der Waals surface area contributed by atoms with Crippen molar-refractivity contribution in [2.24, 2.45) is 5.92 Å². The second-order valence-electron chi connectivity index (χ2n) is 4.91. The van der Waals surface area contributed by atoms with E-state index in [2.05, 4.69) is 10.6 Å². The number of nitrogens with one attached hydrogen (secondary N) is 2.